The molecule has 10 heteroatoms. The number of pyridine rings is 1. The van der Waals surface area contributed by atoms with Crippen LogP contribution in [0.1, 0.15) is 43.9 Å². The molecule has 1 aromatic carbocycles. The number of benzene rings is 1. The molecule has 0 N–H and O–H groups in total. The summed E-state index contributed by atoms with van der Waals surface area (Å²) >= 11 is 6.71. The number of thioether (sulfide) groups is 1. The van der Waals surface area contributed by atoms with Gasteiger partial charge in [-0.15, -0.1) is 0 Å². The lowest BCUT2D eigenvalue weighted by Gasteiger charge is -2.39. The first kappa shape index (κ1) is 26.9. The molecule has 2 aromatic rings. The van der Waals surface area contributed by atoms with E-state index in [9.17, 15) is 19.2 Å². The third kappa shape index (κ3) is 5.15. The zero-order valence-electron chi connectivity index (χ0n) is 21.5. The molecule has 0 aliphatic carbocycles. The number of hydrogen-bond donors (Lipinski definition) is 0. The SMILES string of the molecule is CCCn1c(N2CCN(c3ccc(F)cc3)CC2)c(/C=C2/SC(=S)N(C(C)C)C2=O)c(C)c(C#N)c1=O. The summed E-state index contributed by atoms with van der Waals surface area (Å²) in [6.45, 7) is 10.7. The van der Waals surface area contributed by atoms with Crippen molar-refractivity contribution in [3.8, 4) is 6.07 Å². The lowest BCUT2D eigenvalue weighted by Crippen LogP contribution is -2.48. The van der Waals surface area contributed by atoms with E-state index in [1.54, 1.807) is 34.6 Å². The summed E-state index contributed by atoms with van der Waals surface area (Å²) in [4.78, 5) is 33.0. The first-order valence-electron chi connectivity index (χ1n) is 12.4. The Balaban J connectivity index is 1.79. The molecule has 2 fully saturated rings. The monoisotopic (exact) mass is 539 g/mol. The van der Waals surface area contributed by atoms with Gasteiger partial charge in [0.05, 0.1) is 4.91 Å². The predicted molar refractivity (Wildman–Crippen MR) is 151 cm³/mol. The minimum Gasteiger partial charge on any atom is -0.368 e. The molecular formula is C27H30FN5O2S2. The van der Waals surface area contributed by atoms with E-state index in [1.807, 2.05) is 20.8 Å². The molecule has 37 heavy (non-hydrogen) atoms. The summed E-state index contributed by atoms with van der Waals surface area (Å²) in [5.74, 6) is 0.284. The van der Waals surface area contributed by atoms with Gasteiger partial charge in [-0.05, 0) is 63.1 Å². The summed E-state index contributed by atoms with van der Waals surface area (Å²) in [5.41, 5.74) is 1.98. The molecule has 0 bridgehead atoms. The van der Waals surface area contributed by atoms with Crippen LogP contribution in [0.5, 0.6) is 0 Å². The molecule has 0 radical (unpaired) electrons. The van der Waals surface area contributed by atoms with Crippen molar-refractivity contribution in [3.63, 3.8) is 0 Å². The zero-order valence-corrected chi connectivity index (χ0v) is 23.1. The number of anilines is 2. The number of thiocarbonyl (C=S) groups is 1. The van der Waals surface area contributed by atoms with Crippen LogP contribution in [0, 0.1) is 24.1 Å². The summed E-state index contributed by atoms with van der Waals surface area (Å²) in [7, 11) is 0. The largest absolute Gasteiger partial charge is 0.368 e. The number of aromatic nitrogens is 1. The second kappa shape index (κ2) is 11.1. The van der Waals surface area contributed by atoms with Gasteiger partial charge in [0.1, 0.15) is 27.6 Å². The van der Waals surface area contributed by atoms with Crippen molar-refractivity contribution in [2.24, 2.45) is 0 Å². The van der Waals surface area contributed by atoms with E-state index >= 15 is 0 Å². The molecule has 194 valence electrons. The molecule has 1 amide bonds. The van der Waals surface area contributed by atoms with Crippen molar-refractivity contribution in [3.05, 3.63) is 62.0 Å². The Hall–Kier alpha value is -3.16. The highest BCUT2D eigenvalue weighted by Crippen LogP contribution is 2.37. The molecular weight excluding hydrogens is 509 g/mol. The van der Waals surface area contributed by atoms with E-state index in [4.69, 9.17) is 12.2 Å². The number of carbonyl (C=O) groups excluding carboxylic acids is 1. The maximum absolute atomic E-state index is 13.4. The summed E-state index contributed by atoms with van der Waals surface area (Å²) in [5, 5.41) is 9.84. The number of amides is 1. The van der Waals surface area contributed by atoms with Crippen LogP contribution >= 0.6 is 24.0 Å². The second-order valence-electron chi connectivity index (χ2n) is 9.40. The molecule has 0 atom stereocenters. The van der Waals surface area contributed by atoms with Crippen LogP contribution < -0.4 is 15.4 Å². The van der Waals surface area contributed by atoms with Gasteiger partial charge in [0.15, 0.2) is 0 Å². The Kier molecular flexibility index (Phi) is 8.05. The van der Waals surface area contributed by atoms with E-state index in [-0.39, 0.29) is 28.9 Å². The van der Waals surface area contributed by atoms with Crippen LogP contribution in [0.2, 0.25) is 0 Å². The molecule has 0 spiro atoms. The average Bonchev–Trinajstić information content (AvgIpc) is 3.16. The van der Waals surface area contributed by atoms with Crippen LogP contribution in [0.15, 0.2) is 34.0 Å². The minimum atomic E-state index is -0.315. The van der Waals surface area contributed by atoms with Crippen molar-refractivity contribution in [1.29, 1.82) is 5.26 Å². The highest BCUT2D eigenvalue weighted by atomic mass is 32.2. The number of rotatable bonds is 6. The topological polar surface area (TPSA) is 72.6 Å². The molecule has 2 aliphatic heterocycles. The smallest absolute Gasteiger partial charge is 0.270 e. The maximum atomic E-state index is 13.4. The van der Waals surface area contributed by atoms with Gasteiger partial charge < -0.3 is 9.80 Å². The van der Waals surface area contributed by atoms with E-state index in [2.05, 4.69) is 15.9 Å². The number of carbonyl (C=O) groups is 1. The molecule has 3 heterocycles. The minimum absolute atomic E-state index is 0.0674. The van der Waals surface area contributed by atoms with Gasteiger partial charge in [-0.2, -0.15) is 5.26 Å². The molecule has 2 aliphatic rings. The van der Waals surface area contributed by atoms with Gasteiger partial charge in [-0.3, -0.25) is 19.1 Å². The van der Waals surface area contributed by atoms with Gasteiger partial charge in [-0.25, -0.2) is 4.39 Å². The summed E-state index contributed by atoms with van der Waals surface area (Å²) in [6.07, 6.45) is 2.51. The molecule has 1 aromatic heterocycles. The van der Waals surface area contributed by atoms with E-state index < -0.39 is 0 Å². The van der Waals surface area contributed by atoms with Crippen LogP contribution in [-0.4, -0.2) is 51.9 Å². The molecule has 0 unspecified atom stereocenters. The summed E-state index contributed by atoms with van der Waals surface area (Å²) < 4.78 is 15.6. The lowest BCUT2D eigenvalue weighted by atomic mass is 10.0. The standard InChI is InChI=1S/C27H30FN5O2S2/c1-5-10-32-24(31-13-11-30(12-14-31)20-8-6-19(28)7-9-20)21(18(4)22(16-29)25(32)34)15-23-26(35)33(17(2)3)27(36)37-23/h6-9,15,17H,5,10-14H2,1-4H3/b23-15+. The van der Waals surface area contributed by atoms with Crippen LogP contribution in [0.3, 0.4) is 0 Å². The van der Waals surface area contributed by atoms with E-state index in [0.717, 1.165) is 11.5 Å². The number of halogens is 1. The van der Waals surface area contributed by atoms with Crippen LogP contribution in [0.25, 0.3) is 6.08 Å². The fraction of sp³-hybridized carbons (Fsp3) is 0.407. The Labute approximate surface area is 226 Å². The van der Waals surface area contributed by atoms with Crippen molar-refractivity contribution < 1.29 is 9.18 Å². The van der Waals surface area contributed by atoms with Crippen molar-refractivity contribution in [2.75, 3.05) is 36.0 Å². The van der Waals surface area contributed by atoms with Gasteiger partial charge in [0.25, 0.3) is 11.5 Å². The third-order valence-corrected chi connectivity index (χ3v) is 8.01. The first-order chi connectivity index (χ1) is 17.7. The number of nitrogens with zero attached hydrogens (tertiary/aromatic N) is 5. The van der Waals surface area contributed by atoms with Crippen molar-refractivity contribution >= 4 is 51.8 Å². The van der Waals surface area contributed by atoms with Crippen molar-refractivity contribution in [2.45, 2.75) is 46.7 Å². The van der Waals surface area contributed by atoms with Gasteiger partial charge in [-0.1, -0.05) is 30.9 Å². The molecule has 4 rings (SSSR count). The highest BCUT2D eigenvalue weighted by molar-refractivity contribution is 8.26. The molecule has 7 nitrogen and oxygen atoms in total. The zero-order chi connectivity index (χ0) is 26.9. The normalized spacial score (nSPS) is 17.3. The Morgan fingerprint density at radius 3 is 2.30 bits per heavy atom. The van der Waals surface area contributed by atoms with Crippen molar-refractivity contribution in [1.82, 2.24) is 9.47 Å². The highest BCUT2D eigenvalue weighted by Gasteiger charge is 2.35. The second-order valence-corrected chi connectivity index (χ2v) is 11.1. The predicted octanol–water partition coefficient (Wildman–Crippen LogP) is 4.51. The van der Waals surface area contributed by atoms with Gasteiger partial charge in [0, 0.05) is 50.0 Å². The average molecular weight is 540 g/mol. The number of hydrogen-bond acceptors (Lipinski definition) is 7. The Morgan fingerprint density at radius 2 is 1.76 bits per heavy atom. The van der Waals surface area contributed by atoms with Gasteiger partial charge >= 0.3 is 0 Å². The molecule has 2 saturated heterocycles. The maximum Gasteiger partial charge on any atom is 0.270 e. The van der Waals surface area contributed by atoms with Crippen LogP contribution in [-0.2, 0) is 11.3 Å². The summed E-state index contributed by atoms with van der Waals surface area (Å²) in [6, 6.07) is 8.47. The Morgan fingerprint density at radius 1 is 1.14 bits per heavy atom. The van der Waals surface area contributed by atoms with E-state index in [1.165, 1.54) is 23.9 Å². The third-order valence-electron chi connectivity index (χ3n) is 6.68. The number of piperazine rings is 1. The first-order valence-corrected chi connectivity index (χ1v) is 13.6. The lowest BCUT2D eigenvalue weighted by molar-refractivity contribution is -0.123. The molecule has 0 saturated carbocycles. The fourth-order valence-corrected chi connectivity index (χ4v) is 6.31. The van der Waals surface area contributed by atoms with E-state index in [0.29, 0.717) is 59.5 Å². The van der Waals surface area contributed by atoms with Gasteiger partial charge in [0.2, 0.25) is 0 Å². The Bertz CT molecular complexity index is 1350. The number of nitriles is 1. The fourth-order valence-electron chi connectivity index (χ4n) is 4.80. The van der Waals surface area contributed by atoms with Crippen LogP contribution in [0.4, 0.5) is 15.9 Å². The quantitative estimate of drug-likeness (QED) is 0.395.